The third kappa shape index (κ3) is 2.43. The highest BCUT2D eigenvalue weighted by Crippen LogP contribution is 2.04. The Kier molecular flexibility index (Phi) is 3.09. The number of sulfonamides is 1. The molecule has 5 heteroatoms. The van der Waals surface area contributed by atoms with Crippen molar-refractivity contribution in [2.75, 3.05) is 39.0 Å². The van der Waals surface area contributed by atoms with E-state index < -0.39 is 10.0 Å². The fourth-order valence-corrected chi connectivity index (χ4v) is 2.11. The van der Waals surface area contributed by atoms with Crippen molar-refractivity contribution in [2.45, 2.75) is 0 Å². The van der Waals surface area contributed by atoms with Gasteiger partial charge >= 0.3 is 0 Å². The van der Waals surface area contributed by atoms with E-state index in [9.17, 15) is 8.42 Å². The first kappa shape index (κ1) is 9.95. The smallest absolute Gasteiger partial charge is 0.211 e. The zero-order valence-electron chi connectivity index (χ0n) is 7.36. The molecule has 0 bridgehead atoms. The molecule has 0 aliphatic carbocycles. The van der Waals surface area contributed by atoms with Crippen LogP contribution in [0.5, 0.6) is 0 Å². The first-order chi connectivity index (χ1) is 5.54. The molecule has 0 aromatic heterocycles. The van der Waals surface area contributed by atoms with E-state index >= 15 is 0 Å². The summed E-state index contributed by atoms with van der Waals surface area (Å²) in [6.07, 6.45) is 1.26. The van der Waals surface area contributed by atoms with Gasteiger partial charge in [-0.15, -0.1) is 0 Å². The zero-order chi connectivity index (χ0) is 9.19. The highest BCUT2D eigenvalue weighted by molar-refractivity contribution is 7.88. The van der Waals surface area contributed by atoms with Crippen LogP contribution in [0.15, 0.2) is 0 Å². The summed E-state index contributed by atoms with van der Waals surface area (Å²) in [5, 5.41) is 0. The van der Waals surface area contributed by atoms with Gasteiger partial charge in [0.05, 0.1) is 6.26 Å². The average molecular weight is 191 g/mol. The Hall–Kier alpha value is -0.130. The summed E-state index contributed by atoms with van der Waals surface area (Å²) in [5.74, 6) is 0. The molecular weight excluding hydrogens is 176 g/mol. The average Bonchev–Trinajstić information content (AvgIpc) is 2.03. The van der Waals surface area contributed by atoms with Gasteiger partial charge in [-0.1, -0.05) is 0 Å². The molecule has 1 rings (SSSR count). The monoisotopic (exact) mass is 191 g/mol. The minimum absolute atomic E-state index is 0.606. The Morgan fingerprint density at radius 2 is 1.75 bits per heavy atom. The van der Waals surface area contributed by atoms with Crippen molar-refractivity contribution < 1.29 is 8.42 Å². The predicted octanol–water partition coefficient (Wildman–Crippen LogP) is -0.602. The normalized spacial score (nSPS) is 22.8. The Morgan fingerprint density at radius 1 is 1.25 bits per heavy atom. The fourth-order valence-electron chi connectivity index (χ4n) is 1.28. The Morgan fingerprint density at radius 3 is 2.08 bits per heavy atom. The summed E-state index contributed by atoms with van der Waals surface area (Å²) in [4.78, 5) is 2.14. The van der Waals surface area contributed by atoms with Crippen LogP contribution < -0.4 is 0 Å². The van der Waals surface area contributed by atoms with E-state index in [4.69, 9.17) is 0 Å². The number of hydrogen-bond donors (Lipinski definition) is 0. The van der Waals surface area contributed by atoms with E-state index in [0.717, 1.165) is 19.6 Å². The number of nitrogens with zero attached hydrogens (tertiary/aromatic N) is 2. The second-order valence-corrected chi connectivity index (χ2v) is 4.99. The SMILES string of the molecule is [CH2]CN1CCN(S(C)(=O)=O)CC1. The molecule has 0 saturated carbocycles. The fraction of sp³-hybridized carbons (Fsp3) is 0.857. The van der Waals surface area contributed by atoms with Crippen LogP contribution in [0.25, 0.3) is 0 Å². The first-order valence-electron chi connectivity index (χ1n) is 4.01. The third-order valence-corrected chi connectivity index (χ3v) is 3.42. The second-order valence-electron chi connectivity index (χ2n) is 3.00. The van der Waals surface area contributed by atoms with Crippen LogP contribution in [0.2, 0.25) is 0 Å². The van der Waals surface area contributed by atoms with E-state index in [0.29, 0.717) is 13.1 Å². The highest BCUT2D eigenvalue weighted by atomic mass is 32.2. The van der Waals surface area contributed by atoms with Crippen LogP contribution in [0.1, 0.15) is 0 Å². The molecule has 4 nitrogen and oxygen atoms in total. The van der Waals surface area contributed by atoms with Crippen LogP contribution >= 0.6 is 0 Å². The molecule has 1 aliphatic rings. The van der Waals surface area contributed by atoms with Crippen molar-refractivity contribution in [1.82, 2.24) is 9.21 Å². The maximum Gasteiger partial charge on any atom is 0.211 e. The molecular formula is C7H15N2O2S. The van der Waals surface area contributed by atoms with Gasteiger partial charge in [-0.05, 0) is 13.5 Å². The number of piperazine rings is 1. The van der Waals surface area contributed by atoms with Gasteiger partial charge < -0.3 is 4.90 Å². The summed E-state index contributed by atoms with van der Waals surface area (Å²) in [6.45, 7) is 7.33. The zero-order valence-corrected chi connectivity index (χ0v) is 8.18. The molecule has 0 unspecified atom stereocenters. The van der Waals surface area contributed by atoms with E-state index in [1.807, 2.05) is 0 Å². The molecule has 0 spiro atoms. The Balaban J connectivity index is 2.47. The molecule has 0 amide bonds. The van der Waals surface area contributed by atoms with Crippen LogP contribution in [0.4, 0.5) is 0 Å². The minimum Gasteiger partial charge on any atom is -0.301 e. The Bertz CT molecular complexity index is 230. The van der Waals surface area contributed by atoms with Gasteiger partial charge in [0.1, 0.15) is 0 Å². The van der Waals surface area contributed by atoms with Gasteiger partial charge in [0.25, 0.3) is 0 Å². The van der Waals surface area contributed by atoms with Crippen molar-refractivity contribution in [1.29, 1.82) is 0 Å². The van der Waals surface area contributed by atoms with Crippen LogP contribution in [-0.4, -0.2) is 56.6 Å². The van der Waals surface area contributed by atoms with Crippen molar-refractivity contribution in [3.63, 3.8) is 0 Å². The van der Waals surface area contributed by atoms with Gasteiger partial charge in [-0.25, -0.2) is 8.42 Å². The van der Waals surface area contributed by atoms with Gasteiger partial charge in [0.2, 0.25) is 10.0 Å². The molecule has 1 fully saturated rings. The molecule has 1 heterocycles. The summed E-state index contributed by atoms with van der Waals surface area (Å²) in [7, 11) is -2.97. The topological polar surface area (TPSA) is 40.6 Å². The molecule has 12 heavy (non-hydrogen) atoms. The van der Waals surface area contributed by atoms with Gasteiger partial charge in [-0.3, -0.25) is 0 Å². The standard InChI is InChI=1S/C7H15N2O2S/c1-3-8-4-6-9(7-5-8)12(2,10)11/h1,3-7H2,2H3. The lowest BCUT2D eigenvalue weighted by Crippen LogP contribution is -2.48. The largest absolute Gasteiger partial charge is 0.301 e. The van der Waals surface area contributed by atoms with Crippen molar-refractivity contribution in [2.24, 2.45) is 0 Å². The minimum atomic E-state index is -2.97. The molecule has 0 atom stereocenters. The molecule has 71 valence electrons. The maximum atomic E-state index is 11.1. The van der Waals surface area contributed by atoms with Crippen molar-refractivity contribution in [3.8, 4) is 0 Å². The quantitative estimate of drug-likeness (QED) is 0.585. The third-order valence-electron chi connectivity index (χ3n) is 2.12. The molecule has 0 aromatic carbocycles. The lowest BCUT2D eigenvalue weighted by atomic mass is 10.4. The highest BCUT2D eigenvalue weighted by Gasteiger charge is 2.21. The van der Waals surface area contributed by atoms with Gasteiger partial charge in [0.15, 0.2) is 0 Å². The first-order valence-corrected chi connectivity index (χ1v) is 5.85. The van der Waals surface area contributed by atoms with Crippen LogP contribution in [-0.2, 0) is 10.0 Å². The van der Waals surface area contributed by atoms with E-state index in [-0.39, 0.29) is 0 Å². The summed E-state index contributed by atoms with van der Waals surface area (Å²) < 4.78 is 23.7. The van der Waals surface area contributed by atoms with Crippen molar-refractivity contribution >= 4 is 10.0 Å². The van der Waals surface area contributed by atoms with Gasteiger partial charge in [-0.2, -0.15) is 4.31 Å². The molecule has 1 saturated heterocycles. The van der Waals surface area contributed by atoms with E-state index in [1.54, 1.807) is 0 Å². The van der Waals surface area contributed by atoms with Crippen molar-refractivity contribution in [3.05, 3.63) is 6.92 Å². The number of hydrogen-bond acceptors (Lipinski definition) is 3. The van der Waals surface area contributed by atoms with Gasteiger partial charge in [0, 0.05) is 26.2 Å². The molecule has 0 N–H and O–H groups in total. The van der Waals surface area contributed by atoms with Crippen LogP contribution in [0, 0.1) is 6.92 Å². The molecule has 0 aromatic rings. The second kappa shape index (κ2) is 3.72. The molecule has 1 radical (unpaired) electrons. The lowest BCUT2D eigenvalue weighted by molar-refractivity contribution is 0.204. The van der Waals surface area contributed by atoms with E-state index in [2.05, 4.69) is 11.8 Å². The summed E-state index contributed by atoms with van der Waals surface area (Å²) in [5.41, 5.74) is 0. The summed E-state index contributed by atoms with van der Waals surface area (Å²) in [6, 6.07) is 0. The maximum absolute atomic E-state index is 11.1. The molecule has 1 aliphatic heterocycles. The lowest BCUT2D eigenvalue weighted by Gasteiger charge is -2.32. The van der Waals surface area contributed by atoms with Crippen LogP contribution in [0.3, 0.4) is 0 Å². The summed E-state index contributed by atoms with van der Waals surface area (Å²) >= 11 is 0. The number of rotatable bonds is 2. The van der Waals surface area contributed by atoms with E-state index in [1.165, 1.54) is 10.6 Å². The predicted molar refractivity (Wildman–Crippen MR) is 48.2 cm³/mol. The Labute approximate surface area is 74.2 Å².